The Kier molecular flexibility index (Phi) is 2.46. The van der Waals surface area contributed by atoms with Crippen LogP contribution in [-0.4, -0.2) is 37.1 Å². The molecular formula is C9H19ClN2. The molecule has 1 saturated heterocycles. The Morgan fingerprint density at radius 2 is 2.42 bits per heavy atom. The number of rotatable bonds is 2. The monoisotopic (exact) mass is 193 g/mol. The Balaban J connectivity index is 0.00000112. The molecule has 1 saturated carbocycles. The van der Waals surface area contributed by atoms with E-state index in [-0.39, 0.29) is 12.4 Å². The predicted molar refractivity (Wildman–Crippen MR) is 53.9 cm³/mol. The first-order chi connectivity index (χ1) is 6.46. The number of piperazine rings is 1. The second kappa shape index (κ2) is 4.45. The van der Waals surface area contributed by atoms with E-state index in [0.29, 0.717) is 25.4 Å². The Bertz CT molecular complexity index is 233. The van der Waals surface area contributed by atoms with Crippen LogP contribution in [0.15, 0.2) is 0 Å². The van der Waals surface area contributed by atoms with Crippen molar-refractivity contribution in [3.8, 4) is 0 Å². The maximum atomic E-state index is 8.00. The van der Waals surface area contributed by atoms with Crippen LogP contribution in [0.1, 0.15) is 23.9 Å². The normalized spacial score (nSPS) is 38.8. The zero-order chi connectivity index (χ0) is 10.4. The number of halogens is 1. The molecule has 1 aliphatic heterocycles. The first kappa shape index (κ1) is 6.63. The lowest BCUT2D eigenvalue weighted by Gasteiger charge is -2.31. The molecule has 72 valence electrons. The van der Waals surface area contributed by atoms with Gasteiger partial charge in [0.15, 0.2) is 0 Å². The molecule has 1 aliphatic carbocycles. The van der Waals surface area contributed by atoms with Crippen LogP contribution in [0, 0.1) is 5.89 Å². The van der Waals surface area contributed by atoms with Crippen LogP contribution < -0.4 is 5.32 Å². The third-order valence-electron chi connectivity index (χ3n) is 2.18. The highest BCUT2D eigenvalue weighted by Gasteiger charge is 2.25. The molecule has 0 unspecified atom stereocenters. The zero-order valence-corrected chi connectivity index (χ0v) is 8.28. The molecule has 0 aromatic rings. The van der Waals surface area contributed by atoms with Crippen LogP contribution in [0.2, 0.25) is 0 Å². The van der Waals surface area contributed by atoms with Crippen molar-refractivity contribution in [1.29, 1.82) is 0 Å². The minimum absolute atomic E-state index is 0. The van der Waals surface area contributed by atoms with Gasteiger partial charge in [-0.1, -0.05) is 0 Å². The fraction of sp³-hybridized carbons (Fsp3) is 1.00. The fourth-order valence-corrected chi connectivity index (χ4v) is 1.43. The van der Waals surface area contributed by atoms with E-state index in [1.54, 1.807) is 0 Å². The predicted octanol–water partition coefficient (Wildman–Crippen LogP) is 1.11. The van der Waals surface area contributed by atoms with Gasteiger partial charge in [-0.05, 0) is 25.7 Å². The summed E-state index contributed by atoms with van der Waals surface area (Å²) in [5.41, 5.74) is 0. The van der Waals surface area contributed by atoms with Gasteiger partial charge in [-0.25, -0.2) is 0 Å². The largest absolute Gasteiger partial charge is 0.312 e. The number of nitrogens with zero attached hydrogens (tertiary/aromatic N) is 1. The lowest BCUT2D eigenvalue weighted by atomic mass is 10.2. The summed E-state index contributed by atoms with van der Waals surface area (Å²) >= 11 is 0. The van der Waals surface area contributed by atoms with E-state index >= 15 is 0 Å². The molecule has 12 heavy (non-hydrogen) atoms. The highest BCUT2D eigenvalue weighted by atomic mass is 35.5. The summed E-state index contributed by atoms with van der Waals surface area (Å²) in [6.45, 7) is 2.89. The zero-order valence-electron chi connectivity index (χ0n) is 10.5. The van der Waals surface area contributed by atoms with Crippen molar-refractivity contribution < 1.29 is 4.11 Å². The van der Waals surface area contributed by atoms with Gasteiger partial charge >= 0.3 is 0 Å². The molecule has 0 radical (unpaired) electrons. The summed E-state index contributed by atoms with van der Waals surface area (Å²) in [5.74, 6) is -0.829. The van der Waals surface area contributed by atoms with Crippen molar-refractivity contribution in [2.75, 3.05) is 26.1 Å². The minimum Gasteiger partial charge on any atom is -0.312 e. The Morgan fingerprint density at radius 3 is 3.00 bits per heavy atom. The maximum Gasteiger partial charge on any atom is 0.0433 e. The Hall–Kier alpha value is 0.210. The molecule has 1 heterocycles. The van der Waals surface area contributed by atoms with E-state index in [9.17, 15) is 0 Å². The van der Waals surface area contributed by atoms with Crippen LogP contribution in [0.3, 0.4) is 0 Å². The second-order valence-electron chi connectivity index (χ2n) is 3.52. The third kappa shape index (κ3) is 2.92. The maximum absolute atomic E-state index is 8.00. The van der Waals surface area contributed by atoms with Gasteiger partial charge in [-0.15, -0.1) is 12.4 Å². The first-order valence-electron chi connectivity index (χ1n) is 5.94. The van der Waals surface area contributed by atoms with Gasteiger partial charge in [-0.3, -0.25) is 0 Å². The third-order valence-corrected chi connectivity index (χ3v) is 2.18. The summed E-state index contributed by atoms with van der Waals surface area (Å²) in [5, 5.41) is 3.29. The topological polar surface area (TPSA) is 15.3 Å². The molecule has 0 aromatic carbocycles. The fourth-order valence-electron chi connectivity index (χ4n) is 1.43. The second-order valence-corrected chi connectivity index (χ2v) is 3.52. The number of nitrogens with one attached hydrogen (secondary N) is 1. The average molecular weight is 194 g/mol. The summed E-state index contributed by atoms with van der Waals surface area (Å²) in [7, 11) is 0. The lowest BCUT2D eigenvalue weighted by molar-refractivity contribution is 0.200. The van der Waals surface area contributed by atoms with Gasteiger partial charge < -0.3 is 10.2 Å². The number of hydrogen-bond acceptors (Lipinski definition) is 2. The van der Waals surface area contributed by atoms with Crippen molar-refractivity contribution in [3.05, 3.63) is 0 Å². The van der Waals surface area contributed by atoms with Crippen molar-refractivity contribution in [2.24, 2.45) is 5.89 Å². The van der Waals surface area contributed by atoms with Crippen LogP contribution in [0.5, 0.6) is 0 Å². The number of hydrogen-bond donors (Lipinski definition) is 1. The summed E-state index contributed by atoms with van der Waals surface area (Å²) < 4.78 is 23.9. The van der Waals surface area contributed by atoms with E-state index < -0.39 is 12.4 Å². The van der Waals surface area contributed by atoms with Gasteiger partial charge in [-0.2, -0.15) is 0 Å². The standard InChI is InChI=1S/C9H18N2.ClH/c1-8-6-11(5-4-10-8)7-9-2-3-9;/h8-10H,2-7H2,1H3;1H/t8-;/m0./s1/i7D2,9D;. The molecule has 0 bridgehead atoms. The molecule has 0 spiro atoms. The smallest absolute Gasteiger partial charge is 0.0433 e. The molecule has 3 heteroatoms. The van der Waals surface area contributed by atoms with E-state index in [1.807, 2.05) is 4.90 Å². The van der Waals surface area contributed by atoms with Gasteiger partial charge in [0.25, 0.3) is 0 Å². The Morgan fingerprint density at radius 1 is 1.67 bits per heavy atom. The van der Waals surface area contributed by atoms with Crippen LogP contribution in [0.4, 0.5) is 0 Å². The van der Waals surface area contributed by atoms with Crippen molar-refractivity contribution in [2.45, 2.75) is 25.8 Å². The van der Waals surface area contributed by atoms with Gasteiger partial charge in [0.1, 0.15) is 0 Å². The highest BCUT2D eigenvalue weighted by molar-refractivity contribution is 5.85. The van der Waals surface area contributed by atoms with Crippen LogP contribution in [0.25, 0.3) is 0 Å². The van der Waals surface area contributed by atoms with Crippen LogP contribution in [-0.2, 0) is 0 Å². The molecule has 2 nitrogen and oxygen atoms in total. The highest BCUT2D eigenvalue weighted by Crippen LogP contribution is 2.29. The summed E-state index contributed by atoms with van der Waals surface area (Å²) in [6, 6.07) is 0.334. The quantitative estimate of drug-likeness (QED) is 0.707. The first-order valence-corrected chi connectivity index (χ1v) is 4.44. The molecule has 0 aromatic heterocycles. The average Bonchev–Trinajstić information content (AvgIpc) is 2.85. The van der Waals surface area contributed by atoms with Crippen molar-refractivity contribution >= 4 is 12.4 Å². The lowest BCUT2D eigenvalue weighted by Crippen LogP contribution is -2.49. The van der Waals surface area contributed by atoms with E-state index in [1.165, 1.54) is 0 Å². The summed E-state index contributed by atoms with van der Waals surface area (Å²) in [4.78, 5) is 1.83. The van der Waals surface area contributed by atoms with E-state index in [0.717, 1.165) is 13.1 Å². The summed E-state index contributed by atoms with van der Waals surface area (Å²) in [6.07, 6.45) is 1.41. The van der Waals surface area contributed by atoms with E-state index in [2.05, 4.69) is 12.2 Å². The molecule has 1 N–H and O–H groups in total. The SMILES string of the molecule is Cl.[2H]C1(C([2H])([2H])N2CCN[C@@H](C)C2)CC1. The van der Waals surface area contributed by atoms with Crippen molar-refractivity contribution in [1.82, 2.24) is 10.2 Å². The molecule has 2 fully saturated rings. The minimum atomic E-state index is -1.44. The van der Waals surface area contributed by atoms with Crippen LogP contribution >= 0.6 is 12.4 Å². The Labute approximate surface area is 85.3 Å². The van der Waals surface area contributed by atoms with E-state index in [4.69, 9.17) is 4.11 Å². The molecule has 2 aliphatic rings. The molecular weight excluding hydrogens is 172 g/mol. The van der Waals surface area contributed by atoms with Gasteiger partial charge in [0.2, 0.25) is 0 Å². The van der Waals surface area contributed by atoms with Gasteiger partial charge in [0, 0.05) is 36.3 Å². The van der Waals surface area contributed by atoms with Gasteiger partial charge in [0.05, 0.1) is 0 Å². The molecule has 1 atom stereocenters. The molecule has 0 amide bonds. The molecule has 2 rings (SSSR count). The van der Waals surface area contributed by atoms with Crippen molar-refractivity contribution in [3.63, 3.8) is 0 Å².